The van der Waals surface area contributed by atoms with Gasteiger partial charge in [0.05, 0.1) is 19.2 Å². The first-order chi connectivity index (χ1) is 17.0. The van der Waals surface area contributed by atoms with Gasteiger partial charge in [0.1, 0.15) is 11.8 Å². The lowest BCUT2D eigenvalue weighted by atomic mass is 10.2. The number of hydrogen-bond donors (Lipinski definition) is 2. The van der Waals surface area contributed by atoms with Crippen LogP contribution >= 0.6 is 23.8 Å². The Morgan fingerprint density at radius 1 is 1.03 bits per heavy atom. The first-order valence-corrected chi connectivity index (χ1v) is 11.9. The Balaban J connectivity index is 1.51. The highest BCUT2D eigenvalue weighted by Gasteiger charge is 2.43. The van der Waals surface area contributed by atoms with E-state index in [1.807, 2.05) is 54.6 Å². The predicted octanol–water partition coefficient (Wildman–Crippen LogP) is 4.79. The summed E-state index contributed by atoms with van der Waals surface area (Å²) in [6, 6.07) is 23.0. The highest BCUT2D eigenvalue weighted by molar-refractivity contribution is 7.80. The van der Waals surface area contributed by atoms with Gasteiger partial charge >= 0.3 is 0 Å². The number of methoxy groups -OCH3 is 1. The van der Waals surface area contributed by atoms with Crippen molar-refractivity contribution in [3.63, 3.8) is 0 Å². The summed E-state index contributed by atoms with van der Waals surface area (Å²) in [4.78, 5) is 29.3. The van der Waals surface area contributed by atoms with Crippen LogP contribution in [-0.4, -0.2) is 48.1 Å². The molecule has 0 bridgehead atoms. The van der Waals surface area contributed by atoms with Gasteiger partial charge in [0.2, 0.25) is 5.91 Å². The van der Waals surface area contributed by atoms with Gasteiger partial charge < -0.3 is 20.3 Å². The number of hydrogen-bond acceptors (Lipinski definition) is 5. The second kappa shape index (κ2) is 11.2. The molecule has 0 radical (unpaired) electrons. The topological polar surface area (TPSA) is 73.9 Å². The van der Waals surface area contributed by atoms with Crippen LogP contribution < -0.4 is 20.3 Å². The summed E-state index contributed by atoms with van der Waals surface area (Å²) >= 11 is 11.7. The molecule has 0 aromatic heterocycles. The van der Waals surface area contributed by atoms with Crippen molar-refractivity contribution >= 4 is 57.8 Å². The van der Waals surface area contributed by atoms with E-state index in [2.05, 4.69) is 10.6 Å². The summed E-state index contributed by atoms with van der Waals surface area (Å²) < 4.78 is 5.20. The second-order valence-electron chi connectivity index (χ2n) is 7.91. The standard InChI is InChI=1S/C26H25ClN4O3S/c1-34-22-13-9-19(10-14-22)28-15-16-30(26(35)29-20-5-3-2-4-6-20)23-17-24(32)31(25(23)33)21-11-7-18(27)8-12-21/h2-14,23,28H,15-17H2,1H3,(H,29,35). The van der Waals surface area contributed by atoms with E-state index >= 15 is 0 Å². The van der Waals surface area contributed by atoms with Gasteiger partial charge in [0, 0.05) is 29.5 Å². The summed E-state index contributed by atoms with van der Waals surface area (Å²) in [6.45, 7) is 0.907. The number of thiocarbonyl (C=S) groups is 1. The molecule has 9 heteroatoms. The first kappa shape index (κ1) is 24.5. The van der Waals surface area contributed by atoms with Crippen molar-refractivity contribution in [1.29, 1.82) is 0 Å². The highest BCUT2D eigenvalue weighted by Crippen LogP contribution is 2.27. The Kier molecular flexibility index (Phi) is 7.84. The molecule has 1 unspecified atom stereocenters. The van der Waals surface area contributed by atoms with Crippen LogP contribution in [0.4, 0.5) is 17.1 Å². The fourth-order valence-electron chi connectivity index (χ4n) is 3.87. The maximum absolute atomic E-state index is 13.4. The fraction of sp³-hybridized carbons (Fsp3) is 0.192. The first-order valence-electron chi connectivity index (χ1n) is 11.1. The van der Waals surface area contributed by atoms with Crippen molar-refractivity contribution < 1.29 is 14.3 Å². The lowest BCUT2D eigenvalue weighted by Crippen LogP contribution is -2.49. The van der Waals surface area contributed by atoms with E-state index in [9.17, 15) is 9.59 Å². The third kappa shape index (κ3) is 5.90. The molecular formula is C26H25ClN4O3S. The Morgan fingerprint density at radius 3 is 2.37 bits per heavy atom. The van der Waals surface area contributed by atoms with Crippen LogP contribution in [0.3, 0.4) is 0 Å². The number of nitrogens with zero attached hydrogens (tertiary/aromatic N) is 2. The molecule has 1 atom stereocenters. The van der Waals surface area contributed by atoms with Crippen molar-refractivity contribution in [1.82, 2.24) is 4.90 Å². The number of benzene rings is 3. The van der Waals surface area contributed by atoms with Crippen LogP contribution in [0.2, 0.25) is 5.02 Å². The number of imide groups is 1. The molecule has 0 spiro atoms. The van der Waals surface area contributed by atoms with Crippen molar-refractivity contribution in [2.75, 3.05) is 35.7 Å². The zero-order valence-electron chi connectivity index (χ0n) is 19.1. The number of halogens is 1. The van der Waals surface area contributed by atoms with E-state index in [1.165, 1.54) is 4.90 Å². The van der Waals surface area contributed by atoms with E-state index in [0.717, 1.165) is 17.1 Å². The minimum absolute atomic E-state index is 0.0284. The molecule has 1 aliphatic rings. The number of carbonyl (C=O) groups excluding carboxylic acids is 2. The van der Waals surface area contributed by atoms with E-state index in [4.69, 9.17) is 28.6 Å². The van der Waals surface area contributed by atoms with Crippen LogP contribution in [0.15, 0.2) is 78.9 Å². The Morgan fingerprint density at radius 2 is 1.71 bits per heavy atom. The number of ether oxygens (including phenoxy) is 1. The number of anilines is 3. The summed E-state index contributed by atoms with van der Waals surface area (Å²) in [6.07, 6.45) is 0.0284. The van der Waals surface area contributed by atoms with Gasteiger partial charge in [-0.05, 0) is 72.9 Å². The molecule has 2 N–H and O–H groups in total. The van der Waals surface area contributed by atoms with Crippen LogP contribution in [-0.2, 0) is 9.59 Å². The number of rotatable bonds is 8. The number of para-hydroxylation sites is 1. The van der Waals surface area contributed by atoms with Crippen LogP contribution in [0.5, 0.6) is 5.75 Å². The van der Waals surface area contributed by atoms with Gasteiger partial charge in [0.15, 0.2) is 5.11 Å². The van der Waals surface area contributed by atoms with E-state index in [1.54, 1.807) is 36.3 Å². The molecule has 35 heavy (non-hydrogen) atoms. The third-order valence-corrected chi connectivity index (χ3v) is 6.23. The Bertz CT molecular complexity index is 1190. The van der Waals surface area contributed by atoms with Crippen LogP contribution in [0, 0.1) is 0 Å². The summed E-state index contributed by atoms with van der Waals surface area (Å²) in [7, 11) is 1.62. The number of amides is 2. The largest absolute Gasteiger partial charge is 0.497 e. The van der Waals surface area contributed by atoms with E-state index < -0.39 is 6.04 Å². The zero-order chi connectivity index (χ0) is 24.8. The molecule has 2 amide bonds. The molecular weight excluding hydrogens is 484 g/mol. The van der Waals surface area contributed by atoms with Gasteiger partial charge in [-0.3, -0.25) is 9.59 Å². The molecule has 3 aromatic carbocycles. The zero-order valence-corrected chi connectivity index (χ0v) is 20.7. The lowest BCUT2D eigenvalue weighted by molar-refractivity contribution is -0.122. The molecule has 7 nitrogen and oxygen atoms in total. The summed E-state index contributed by atoms with van der Waals surface area (Å²) in [5.74, 6) is 0.166. The summed E-state index contributed by atoms with van der Waals surface area (Å²) in [5, 5.41) is 7.43. The normalized spacial score (nSPS) is 15.1. The average molecular weight is 509 g/mol. The summed E-state index contributed by atoms with van der Waals surface area (Å²) in [5.41, 5.74) is 2.20. The molecule has 0 aliphatic carbocycles. The minimum atomic E-state index is -0.723. The predicted molar refractivity (Wildman–Crippen MR) is 143 cm³/mol. The number of carbonyl (C=O) groups is 2. The molecule has 4 rings (SSSR count). The number of nitrogens with one attached hydrogen (secondary N) is 2. The van der Waals surface area contributed by atoms with Crippen molar-refractivity contribution in [2.24, 2.45) is 0 Å². The lowest BCUT2D eigenvalue weighted by Gasteiger charge is -2.30. The Labute approximate surface area is 214 Å². The average Bonchev–Trinajstić information content (AvgIpc) is 3.16. The maximum Gasteiger partial charge on any atom is 0.257 e. The molecule has 1 fully saturated rings. The van der Waals surface area contributed by atoms with Gasteiger partial charge in [0.25, 0.3) is 5.91 Å². The van der Waals surface area contributed by atoms with Crippen molar-refractivity contribution in [3.8, 4) is 5.75 Å². The van der Waals surface area contributed by atoms with Crippen molar-refractivity contribution in [2.45, 2.75) is 12.5 Å². The van der Waals surface area contributed by atoms with E-state index in [0.29, 0.717) is 28.9 Å². The van der Waals surface area contributed by atoms with Crippen LogP contribution in [0.1, 0.15) is 6.42 Å². The van der Waals surface area contributed by atoms with Gasteiger partial charge in [-0.1, -0.05) is 29.8 Å². The van der Waals surface area contributed by atoms with Crippen LogP contribution in [0.25, 0.3) is 0 Å². The molecule has 0 saturated carbocycles. The third-order valence-electron chi connectivity index (χ3n) is 5.64. The Hall–Kier alpha value is -3.62. The smallest absolute Gasteiger partial charge is 0.257 e. The highest BCUT2D eigenvalue weighted by atomic mass is 35.5. The van der Waals surface area contributed by atoms with Gasteiger partial charge in [-0.25, -0.2) is 4.90 Å². The quantitative estimate of drug-likeness (QED) is 0.334. The van der Waals surface area contributed by atoms with E-state index in [-0.39, 0.29) is 18.2 Å². The SMILES string of the molecule is COc1ccc(NCCN(C(=S)Nc2ccccc2)C2CC(=O)N(c3ccc(Cl)cc3)C2=O)cc1. The van der Waals surface area contributed by atoms with Gasteiger partial charge in [-0.2, -0.15) is 0 Å². The monoisotopic (exact) mass is 508 g/mol. The second-order valence-corrected chi connectivity index (χ2v) is 8.73. The van der Waals surface area contributed by atoms with Gasteiger partial charge in [-0.15, -0.1) is 0 Å². The molecule has 1 aliphatic heterocycles. The minimum Gasteiger partial charge on any atom is -0.497 e. The molecule has 3 aromatic rings. The van der Waals surface area contributed by atoms with Crippen molar-refractivity contribution in [3.05, 3.63) is 83.9 Å². The fourth-order valence-corrected chi connectivity index (χ4v) is 4.33. The molecule has 180 valence electrons. The molecule has 1 heterocycles. The maximum atomic E-state index is 13.4. The molecule has 1 saturated heterocycles.